The lowest BCUT2D eigenvalue weighted by atomic mass is 10.1. The number of sulfonamides is 1. The van der Waals surface area contributed by atoms with Gasteiger partial charge in [-0.05, 0) is 42.5 Å². The highest BCUT2D eigenvalue weighted by molar-refractivity contribution is 7.99. The number of carbonyl (C=O) groups is 1. The average Bonchev–Trinajstić information content (AvgIpc) is 2.62. The molecule has 0 fully saturated rings. The summed E-state index contributed by atoms with van der Waals surface area (Å²) in [5, 5.41) is 2.68. The molecule has 27 heavy (non-hydrogen) atoms. The number of hydrogen-bond acceptors (Lipinski definition) is 5. The Bertz CT molecular complexity index is 899. The van der Waals surface area contributed by atoms with E-state index in [1.165, 1.54) is 35.9 Å². The molecule has 0 saturated carbocycles. The highest BCUT2D eigenvalue weighted by Gasteiger charge is 2.16. The van der Waals surface area contributed by atoms with Gasteiger partial charge in [-0.1, -0.05) is 24.3 Å². The van der Waals surface area contributed by atoms with Crippen molar-refractivity contribution in [2.45, 2.75) is 29.4 Å². The van der Waals surface area contributed by atoms with Crippen LogP contribution in [0.3, 0.4) is 0 Å². The lowest BCUT2D eigenvalue weighted by Crippen LogP contribution is -2.26. The maximum Gasteiger partial charge on any atom is 0.240 e. The molecule has 2 aromatic rings. The first-order chi connectivity index (χ1) is 12.8. The van der Waals surface area contributed by atoms with Crippen LogP contribution in [0.5, 0.6) is 0 Å². The van der Waals surface area contributed by atoms with Gasteiger partial charge in [0.2, 0.25) is 15.9 Å². The van der Waals surface area contributed by atoms with E-state index >= 15 is 0 Å². The first-order valence-corrected chi connectivity index (χ1v) is 12.3. The number of thioether (sulfide) groups is 2. The molecule has 0 bridgehead atoms. The molecule has 0 saturated heterocycles. The second kappa shape index (κ2) is 10.2. The quantitative estimate of drug-likeness (QED) is 0.472. The Morgan fingerprint density at radius 2 is 1.89 bits per heavy atom. The van der Waals surface area contributed by atoms with E-state index < -0.39 is 10.0 Å². The summed E-state index contributed by atoms with van der Waals surface area (Å²) in [5.41, 5.74) is 3.01. The fraction of sp³-hybridized carbons (Fsp3) is 0.316. The molecular formula is C19H24N2O3S3. The van der Waals surface area contributed by atoms with E-state index in [1.54, 1.807) is 23.9 Å². The summed E-state index contributed by atoms with van der Waals surface area (Å²) in [6.45, 7) is 3.82. The van der Waals surface area contributed by atoms with Crippen LogP contribution in [0.15, 0.2) is 52.3 Å². The van der Waals surface area contributed by atoms with Gasteiger partial charge >= 0.3 is 0 Å². The fourth-order valence-electron chi connectivity index (χ4n) is 2.43. The number of nitrogens with one attached hydrogen (secondary N) is 2. The zero-order chi connectivity index (χ0) is 19.9. The summed E-state index contributed by atoms with van der Waals surface area (Å²) in [6, 6.07) is 12.9. The van der Waals surface area contributed by atoms with Crippen LogP contribution < -0.4 is 10.0 Å². The van der Waals surface area contributed by atoms with E-state index in [0.29, 0.717) is 18.0 Å². The van der Waals surface area contributed by atoms with Crippen molar-refractivity contribution in [3.63, 3.8) is 0 Å². The minimum absolute atomic E-state index is 0.146. The van der Waals surface area contributed by atoms with Gasteiger partial charge < -0.3 is 5.32 Å². The van der Waals surface area contributed by atoms with E-state index in [2.05, 4.69) is 29.1 Å². The molecule has 0 aliphatic rings. The van der Waals surface area contributed by atoms with Crippen LogP contribution >= 0.6 is 23.5 Å². The second-order valence-electron chi connectivity index (χ2n) is 5.92. The number of benzene rings is 2. The van der Waals surface area contributed by atoms with Crippen LogP contribution in [0, 0.1) is 6.92 Å². The molecule has 5 nitrogen and oxygen atoms in total. The topological polar surface area (TPSA) is 75.3 Å². The van der Waals surface area contributed by atoms with Crippen molar-refractivity contribution in [2.24, 2.45) is 0 Å². The Kier molecular flexibility index (Phi) is 8.22. The monoisotopic (exact) mass is 424 g/mol. The zero-order valence-electron chi connectivity index (χ0n) is 15.6. The molecule has 0 atom stereocenters. The molecule has 0 aliphatic carbocycles. The molecular weight excluding hydrogens is 400 g/mol. The molecule has 0 spiro atoms. The standard InChI is InChI=1S/C19H24N2O3S3/c1-14-6-4-5-7-16(14)13-26-11-10-20-27(23,24)17-8-9-19(25-3)18(12-17)21-15(2)22/h4-9,12,20H,10-11,13H2,1-3H3,(H,21,22). The van der Waals surface area contributed by atoms with Crippen molar-refractivity contribution in [3.05, 3.63) is 53.6 Å². The number of rotatable bonds is 9. The maximum absolute atomic E-state index is 12.5. The molecule has 2 aromatic carbocycles. The Hall–Kier alpha value is -1.48. The van der Waals surface area contributed by atoms with E-state index in [0.717, 1.165) is 10.6 Å². The minimum Gasteiger partial charge on any atom is -0.325 e. The van der Waals surface area contributed by atoms with Crippen LogP contribution in [-0.2, 0) is 20.6 Å². The molecule has 0 radical (unpaired) electrons. The van der Waals surface area contributed by atoms with Gasteiger partial charge in [0.1, 0.15) is 0 Å². The van der Waals surface area contributed by atoms with Gasteiger partial charge in [0.15, 0.2) is 0 Å². The first-order valence-electron chi connectivity index (χ1n) is 8.41. The van der Waals surface area contributed by atoms with E-state index in [-0.39, 0.29) is 10.8 Å². The lowest BCUT2D eigenvalue weighted by Gasteiger charge is -2.12. The van der Waals surface area contributed by atoms with Gasteiger partial charge in [0.25, 0.3) is 0 Å². The summed E-state index contributed by atoms with van der Waals surface area (Å²) in [5.74, 6) is 1.29. The first kappa shape index (κ1) is 21.8. The van der Waals surface area contributed by atoms with Gasteiger partial charge in [0.05, 0.1) is 10.6 Å². The second-order valence-corrected chi connectivity index (χ2v) is 9.64. The molecule has 146 valence electrons. The largest absolute Gasteiger partial charge is 0.325 e. The van der Waals surface area contributed by atoms with Gasteiger partial charge in [-0.15, -0.1) is 11.8 Å². The van der Waals surface area contributed by atoms with E-state index in [1.807, 2.05) is 18.4 Å². The van der Waals surface area contributed by atoms with Crippen molar-refractivity contribution >= 4 is 45.1 Å². The Morgan fingerprint density at radius 1 is 1.15 bits per heavy atom. The maximum atomic E-state index is 12.5. The van der Waals surface area contributed by atoms with E-state index in [9.17, 15) is 13.2 Å². The highest BCUT2D eigenvalue weighted by atomic mass is 32.2. The third kappa shape index (κ3) is 6.57. The number of carbonyl (C=O) groups excluding carboxylic acids is 1. The number of amides is 1. The SMILES string of the molecule is CSc1ccc(S(=O)(=O)NCCSCc2ccccc2C)cc1NC(C)=O. The normalized spacial score (nSPS) is 11.4. The average molecular weight is 425 g/mol. The summed E-state index contributed by atoms with van der Waals surface area (Å²) < 4.78 is 27.7. The van der Waals surface area contributed by atoms with E-state index in [4.69, 9.17) is 0 Å². The third-order valence-electron chi connectivity index (χ3n) is 3.85. The van der Waals surface area contributed by atoms with Crippen molar-refractivity contribution in [1.82, 2.24) is 4.72 Å². The lowest BCUT2D eigenvalue weighted by molar-refractivity contribution is -0.114. The number of anilines is 1. The highest BCUT2D eigenvalue weighted by Crippen LogP contribution is 2.28. The molecule has 2 rings (SSSR count). The number of aryl methyl sites for hydroxylation is 1. The molecule has 0 unspecified atom stereocenters. The molecule has 1 amide bonds. The molecule has 0 aliphatic heterocycles. The number of hydrogen-bond donors (Lipinski definition) is 2. The Balaban J connectivity index is 1.94. The predicted octanol–water partition coefficient (Wildman–Crippen LogP) is 3.89. The summed E-state index contributed by atoms with van der Waals surface area (Å²) in [6.07, 6.45) is 1.87. The molecule has 2 N–H and O–H groups in total. The van der Waals surface area contributed by atoms with Crippen LogP contribution in [0.1, 0.15) is 18.1 Å². The summed E-state index contributed by atoms with van der Waals surface area (Å²) in [4.78, 5) is 12.3. The van der Waals surface area contributed by atoms with Gasteiger partial charge in [-0.2, -0.15) is 11.8 Å². The summed E-state index contributed by atoms with van der Waals surface area (Å²) in [7, 11) is -3.62. The third-order valence-corrected chi connectivity index (χ3v) is 7.11. The molecule has 8 heteroatoms. The van der Waals surface area contributed by atoms with Crippen molar-refractivity contribution < 1.29 is 13.2 Å². The zero-order valence-corrected chi connectivity index (χ0v) is 18.1. The minimum atomic E-state index is -3.62. The van der Waals surface area contributed by atoms with Crippen molar-refractivity contribution in [2.75, 3.05) is 23.9 Å². The van der Waals surface area contributed by atoms with Crippen molar-refractivity contribution in [3.8, 4) is 0 Å². The van der Waals surface area contributed by atoms with Crippen LogP contribution in [0.25, 0.3) is 0 Å². The fourth-order valence-corrected chi connectivity index (χ4v) is 5.08. The van der Waals surface area contributed by atoms with Crippen LogP contribution in [0.4, 0.5) is 5.69 Å². The Morgan fingerprint density at radius 3 is 2.56 bits per heavy atom. The van der Waals surface area contributed by atoms with Gasteiger partial charge in [-0.25, -0.2) is 13.1 Å². The van der Waals surface area contributed by atoms with Gasteiger partial charge in [0, 0.05) is 29.9 Å². The van der Waals surface area contributed by atoms with Crippen LogP contribution in [-0.4, -0.2) is 32.9 Å². The predicted molar refractivity (Wildman–Crippen MR) is 115 cm³/mol. The smallest absolute Gasteiger partial charge is 0.240 e. The van der Waals surface area contributed by atoms with Crippen LogP contribution in [0.2, 0.25) is 0 Å². The van der Waals surface area contributed by atoms with Crippen molar-refractivity contribution in [1.29, 1.82) is 0 Å². The summed E-state index contributed by atoms with van der Waals surface area (Å²) >= 11 is 3.13. The van der Waals surface area contributed by atoms with Gasteiger partial charge in [-0.3, -0.25) is 4.79 Å². The molecule has 0 aromatic heterocycles. The Labute approximate surface area is 169 Å². The molecule has 0 heterocycles.